The molecule has 1 aromatic carbocycles. The van der Waals surface area contributed by atoms with Crippen LogP contribution >= 0.6 is 22.9 Å². The third-order valence-corrected chi connectivity index (χ3v) is 4.43. The van der Waals surface area contributed by atoms with Crippen molar-refractivity contribution in [2.75, 3.05) is 4.90 Å². The maximum atomic E-state index is 12.1. The minimum Gasteiger partial charge on any atom is -0.299 e. The second-order valence-electron chi connectivity index (χ2n) is 4.47. The van der Waals surface area contributed by atoms with Crippen LogP contribution in [-0.2, 0) is 17.8 Å². The molecule has 102 valence electrons. The van der Waals surface area contributed by atoms with Crippen molar-refractivity contribution in [1.29, 1.82) is 0 Å². The van der Waals surface area contributed by atoms with Gasteiger partial charge >= 0.3 is 0 Å². The zero-order valence-electron chi connectivity index (χ0n) is 10.7. The minimum absolute atomic E-state index is 0.315. The van der Waals surface area contributed by atoms with Crippen molar-refractivity contribution in [3.05, 3.63) is 44.9 Å². The summed E-state index contributed by atoms with van der Waals surface area (Å²) >= 11 is 7.44. The smallest absolute Gasteiger partial charge is 0.299 e. The van der Waals surface area contributed by atoms with Crippen LogP contribution in [0.5, 0.6) is 0 Å². The molecule has 0 unspecified atom stereocenters. The Labute approximate surface area is 125 Å². The molecule has 0 spiro atoms. The molecule has 0 fully saturated rings. The van der Waals surface area contributed by atoms with E-state index in [4.69, 9.17) is 11.6 Å². The fourth-order valence-electron chi connectivity index (χ4n) is 2.18. The monoisotopic (exact) mass is 306 g/mol. The molecule has 4 nitrogen and oxygen atoms in total. The van der Waals surface area contributed by atoms with E-state index in [9.17, 15) is 9.59 Å². The van der Waals surface area contributed by atoms with E-state index in [1.807, 2.05) is 12.3 Å². The third-order valence-electron chi connectivity index (χ3n) is 3.16. The van der Waals surface area contributed by atoms with E-state index in [2.05, 4.69) is 4.98 Å². The number of halogens is 1. The zero-order chi connectivity index (χ0) is 14.3. The summed E-state index contributed by atoms with van der Waals surface area (Å²) in [5.41, 5.74) is 1.78. The number of thiazole rings is 1. The fourth-order valence-corrected chi connectivity index (χ4v) is 3.08. The van der Waals surface area contributed by atoms with Crippen molar-refractivity contribution in [1.82, 2.24) is 4.98 Å². The number of carbonyl (C=O) groups excluding carboxylic acids is 2. The Morgan fingerprint density at radius 3 is 2.85 bits per heavy atom. The lowest BCUT2D eigenvalue weighted by atomic mass is 10.1. The quantitative estimate of drug-likeness (QED) is 0.819. The van der Waals surface area contributed by atoms with Gasteiger partial charge in [0.2, 0.25) is 0 Å². The summed E-state index contributed by atoms with van der Waals surface area (Å²) in [6.07, 6.45) is 0.865. The van der Waals surface area contributed by atoms with Crippen LogP contribution in [0, 0.1) is 0 Å². The summed E-state index contributed by atoms with van der Waals surface area (Å²) < 4.78 is 0. The zero-order valence-corrected chi connectivity index (χ0v) is 12.3. The minimum atomic E-state index is -0.520. The summed E-state index contributed by atoms with van der Waals surface area (Å²) in [6, 6.07) is 4.92. The van der Waals surface area contributed by atoms with E-state index < -0.39 is 11.7 Å². The second kappa shape index (κ2) is 5.00. The number of hydrogen-bond acceptors (Lipinski definition) is 4. The Morgan fingerprint density at radius 1 is 1.35 bits per heavy atom. The van der Waals surface area contributed by atoms with Crippen LogP contribution < -0.4 is 4.90 Å². The Bertz CT molecular complexity index is 711. The highest BCUT2D eigenvalue weighted by molar-refractivity contribution is 7.09. The molecule has 0 aliphatic carbocycles. The number of amides is 1. The first-order valence-electron chi connectivity index (χ1n) is 6.19. The molecular formula is C14H11ClN2O2S. The van der Waals surface area contributed by atoms with Crippen LogP contribution in [0.3, 0.4) is 0 Å². The van der Waals surface area contributed by atoms with Gasteiger partial charge in [-0.05, 0) is 24.6 Å². The standard InChI is InChI=1S/C14H11ClN2O2S/c1-2-12-16-9(7-20-12)6-17-11-4-3-8(15)5-10(11)13(18)14(17)19/h3-5,7H,2,6H2,1H3. The Morgan fingerprint density at radius 2 is 2.15 bits per heavy atom. The van der Waals surface area contributed by atoms with Crippen LogP contribution in [-0.4, -0.2) is 16.7 Å². The number of nitrogens with zero attached hydrogens (tertiary/aromatic N) is 2. The molecule has 1 aliphatic heterocycles. The van der Waals surface area contributed by atoms with Gasteiger partial charge in [-0.2, -0.15) is 0 Å². The molecule has 0 radical (unpaired) electrons. The molecule has 3 rings (SSSR count). The largest absolute Gasteiger partial charge is 0.299 e. The lowest BCUT2D eigenvalue weighted by Gasteiger charge is -2.14. The number of aromatic nitrogens is 1. The van der Waals surface area contributed by atoms with E-state index in [0.717, 1.165) is 17.1 Å². The topological polar surface area (TPSA) is 50.3 Å². The van der Waals surface area contributed by atoms with Gasteiger partial charge in [0, 0.05) is 10.4 Å². The maximum Gasteiger partial charge on any atom is 0.299 e. The molecular weight excluding hydrogens is 296 g/mol. The van der Waals surface area contributed by atoms with Gasteiger partial charge in [-0.25, -0.2) is 4.98 Å². The van der Waals surface area contributed by atoms with Crippen LogP contribution in [0.2, 0.25) is 5.02 Å². The summed E-state index contributed by atoms with van der Waals surface area (Å²) in [5.74, 6) is -1.03. The second-order valence-corrected chi connectivity index (χ2v) is 5.85. The van der Waals surface area contributed by atoms with Gasteiger partial charge in [-0.15, -0.1) is 11.3 Å². The molecule has 1 aliphatic rings. The van der Waals surface area contributed by atoms with Gasteiger partial charge in [0.05, 0.1) is 28.5 Å². The van der Waals surface area contributed by atoms with Crippen LogP contribution in [0.25, 0.3) is 0 Å². The van der Waals surface area contributed by atoms with Crippen molar-refractivity contribution in [2.24, 2.45) is 0 Å². The predicted octanol–water partition coefficient (Wildman–Crippen LogP) is 3.09. The highest BCUT2D eigenvalue weighted by Gasteiger charge is 2.36. The van der Waals surface area contributed by atoms with Crippen LogP contribution in [0.1, 0.15) is 28.0 Å². The van der Waals surface area contributed by atoms with Crippen molar-refractivity contribution in [3.63, 3.8) is 0 Å². The lowest BCUT2D eigenvalue weighted by molar-refractivity contribution is -0.114. The third kappa shape index (κ3) is 2.13. The molecule has 20 heavy (non-hydrogen) atoms. The summed E-state index contributed by atoms with van der Waals surface area (Å²) in [4.78, 5) is 29.9. The van der Waals surface area contributed by atoms with Crippen molar-refractivity contribution < 1.29 is 9.59 Å². The first kappa shape index (κ1) is 13.3. The Balaban J connectivity index is 1.95. The molecule has 1 amide bonds. The van der Waals surface area contributed by atoms with Gasteiger partial charge in [0.1, 0.15) is 0 Å². The van der Waals surface area contributed by atoms with Crippen molar-refractivity contribution in [2.45, 2.75) is 19.9 Å². The van der Waals surface area contributed by atoms with Crippen LogP contribution in [0.4, 0.5) is 5.69 Å². The molecule has 0 N–H and O–H groups in total. The van der Waals surface area contributed by atoms with E-state index in [1.165, 1.54) is 11.0 Å². The van der Waals surface area contributed by atoms with Gasteiger partial charge in [-0.1, -0.05) is 18.5 Å². The number of hydrogen-bond donors (Lipinski definition) is 0. The average molecular weight is 307 g/mol. The van der Waals surface area contributed by atoms with Crippen molar-refractivity contribution >= 4 is 40.3 Å². The van der Waals surface area contributed by atoms with Gasteiger partial charge < -0.3 is 0 Å². The molecule has 0 saturated heterocycles. The number of ketones is 1. The Kier molecular flexibility index (Phi) is 3.31. The first-order chi connectivity index (χ1) is 9.60. The normalized spacial score (nSPS) is 14.0. The van der Waals surface area contributed by atoms with E-state index >= 15 is 0 Å². The molecule has 0 atom stereocenters. The fraction of sp³-hybridized carbons (Fsp3) is 0.214. The maximum absolute atomic E-state index is 12.1. The molecule has 0 saturated carbocycles. The average Bonchev–Trinajstić information content (AvgIpc) is 2.99. The first-order valence-corrected chi connectivity index (χ1v) is 7.45. The number of aryl methyl sites for hydroxylation is 1. The van der Waals surface area contributed by atoms with E-state index in [1.54, 1.807) is 23.5 Å². The lowest BCUT2D eigenvalue weighted by Crippen LogP contribution is -2.29. The number of anilines is 1. The van der Waals surface area contributed by atoms with Gasteiger partial charge in [0.15, 0.2) is 0 Å². The van der Waals surface area contributed by atoms with E-state index in [-0.39, 0.29) is 0 Å². The van der Waals surface area contributed by atoms with Crippen LogP contribution in [0.15, 0.2) is 23.6 Å². The molecule has 2 aromatic rings. The highest BCUT2D eigenvalue weighted by Crippen LogP contribution is 2.32. The predicted molar refractivity (Wildman–Crippen MR) is 78.5 cm³/mol. The summed E-state index contributed by atoms with van der Waals surface area (Å²) in [7, 11) is 0. The number of Topliss-reactive ketones (excluding diaryl/α,β-unsaturated/α-hetero) is 1. The number of fused-ring (bicyclic) bond motifs is 1. The molecule has 1 aromatic heterocycles. The highest BCUT2D eigenvalue weighted by atomic mass is 35.5. The number of carbonyl (C=O) groups is 2. The summed E-state index contributed by atoms with van der Waals surface area (Å²) in [6.45, 7) is 2.35. The molecule has 2 heterocycles. The summed E-state index contributed by atoms with van der Waals surface area (Å²) in [5, 5.41) is 3.40. The van der Waals surface area contributed by atoms with Crippen molar-refractivity contribution in [3.8, 4) is 0 Å². The van der Waals surface area contributed by atoms with Gasteiger partial charge in [0.25, 0.3) is 11.7 Å². The van der Waals surface area contributed by atoms with Gasteiger partial charge in [-0.3, -0.25) is 14.5 Å². The number of benzene rings is 1. The molecule has 6 heteroatoms. The molecule has 0 bridgehead atoms. The SMILES string of the molecule is CCc1nc(CN2C(=O)C(=O)c3cc(Cl)ccc32)cs1. The Hall–Kier alpha value is -1.72. The number of rotatable bonds is 3. The van der Waals surface area contributed by atoms with E-state index in [0.29, 0.717) is 22.8 Å².